The number of methoxy groups -OCH3 is 1. The molecule has 0 spiro atoms. The van der Waals surface area contributed by atoms with Crippen LogP contribution in [0.1, 0.15) is 29.6 Å². The summed E-state index contributed by atoms with van der Waals surface area (Å²) in [6, 6.07) is 10.7. The summed E-state index contributed by atoms with van der Waals surface area (Å²) in [6.07, 6.45) is 1.18. The first-order valence-corrected chi connectivity index (χ1v) is 6.93. The van der Waals surface area contributed by atoms with E-state index in [1.54, 1.807) is 7.11 Å². The third-order valence-electron chi connectivity index (χ3n) is 3.69. The Morgan fingerprint density at radius 2 is 2.20 bits per heavy atom. The number of hydrogen-bond acceptors (Lipinski definition) is 5. The number of rotatable bonds is 5. The standard InChI is InChI=1S/C15H19N3O2/c1-19-11-14-16-15(20-17-14)10-18-8-7-13(9-18)12-5-3-2-4-6-12/h2-6,13H,7-11H2,1H3. The molecular formula is C15H19N3O2. The smallest absolute Gasteiger partial charge is 0.240 e. The number of hydrogen-bond donors (Lipinski definition) is 0. The van der Waals surface area contributed by atoms with Crippen molar-refractivity contribution in [1.82, 2.24) is 15.0 Å². The first-order chi connectivity index (χ1) is 9.85. The monoisotopic (exact) mass is 273 g/mol. The average Bonchev–Trinajstić information content (AvgIpc) is 3.11. The topological polar surface area (TPSA) is 51.4 Å². The summed E-state index contributed by atoms with van der Waals surface area (Å²) in [5.41, 5.74) is 1.42. The second kappa shape index (κ2) is 6.15. The van der Waals surface area contributed by atoms with Crippen molar-refractivity contribution in [2.75, 3.05) is 20.2 Å². The Hall–Kier alpha value is -1.72. The molecule has 5 nitrogen and oxygen atoms in total. The highest BCUT2D eigenvalue weighted by atomic mass is 16.5. The molecule has 2 heterocycles. The van der Waals surface area contributed by atoms with E-state index < -0.39 is 0 Å². The molecule has 1 aromatic carbocycles. The van der Waals surface area contributed by atoms with Crippen LogP contribution in [0.4, 0.5) is 0 Å². The number of aromatic nitrogens is 2. The van der Waals surface area contributed by atoms with E-state index in [1.807, 2.05) is 0 Å². The quantitative estimate of drug-likeness (QED) is 0.836. The second-order valence-corrected chi connectivity index (χ2v) is 5.17. The summed E-state index contributed by atoms with van der Waals surface area (Å²) < 4.78 is 10.2. The van der Waals surface area contributed by atoms with Crippen molar-refractivity contribution in [3.8, 4) is 0 Å². The third kappa shape index (κ3) is 3.05. The molecule has 1 aliphatic rings. The first-order valence-electron chi connectivity index (χ1n) is 6.93. The Labute approximate surface area is 118 Å². The molecule has 2 aromatic rings. The molecule has 1 atom stereocenters. The molecule has 0 bridgehead atoms. The van der Waals surface area contributed by atoms with E-state index in [-0.39, 0.29) is 0 Å². The lowest BCUT2D eigenvalue weighted by Crippen LogP contribution is -2.20. The summed E-state index contributed by atoms with van der Waals surface area (Å²) in [5, 5.41) is 3.89. The Morgan fingerprint density at radius 3 is 3.00 bits per heavy atom. The zero-order valence-electron chi connectivity index (χ0n) is 11.7. The van der Waals surface area contributed by atoms with Gasteiger partial charge in [-0.1, -0.05) is 35.5 Å². The van der Waals surface area contributed by atoms with Gasteiger partial charge in [-0.15, -0.1) is 0 Å². The summed E-state index contributed by atoms with van der Waals surface area (Å²) in [5.74, 6) is 1.89. The molecule has 1 fully saturated rings. The van der Waals surface area contributed by atoms with Gasteiger partial charge in [-0.3, -0.25) is 4.90 Å². The maximum atomic E-state index is 5.24. The van der Waals surface area contributed by atoms with Crippen LogP contribution in [-0.4, -0.2) is 35.2 Å². The van der Waals surface area contributed by atoms with E-state index in [0.29, 0.717) is 24.2 Å². The number of benzene rings is 1. The van der Waals surface area contributed by atoms with E-state index in [4.69, 9.17) is 9.26 Å². The zero-order chi connectivity index (χ0) is 13.8. The molecule has 0 radical (unpaired) electrons. The number of likely N-dealkylation sites (tertiary alicyclic amines) is 1. The van der Waals surface area contributed by atoms with Gasteiger partial charge in [-0.25, -0.2) is 0 Å². The van der Waals surface area contributed by atoms with E-state index in [9.17, 15) is 0 Å². The Morgan fingerprint density at radius 1 is 1.35 bits per heavy atom. The molecule has 1 aliphatic heterocycles. The molecule has 1 unspecified atom stereocenters. The minimum absolute atomic E-state index is 0.399. The van der Waals surface area contributed by atoms with Gasteiger partial charge in [0.2, 0.25) is 5.89 Å². The van der Waals surface area contributed by atoms with Gasteiger partial charge in [0.05, 0.1) is 6.54 Å². The minimum Gasteiger partial charge on any atom is -0.377 e. The van der Waals surface area contributed by atoms with Gasteiger partial charge in [0.1, 0.15) is 6.61 Å². The zero-order valence-corrected chi connectivity index (χ0v) is 11.7. The van der Waals surface area contributed by atoms with Gasteiger partial charge < -0.3 is 9.26 Å². The van der Waals surface area contributed by atoms with Gasteiger partial charge >= 0.3 is 0 Å². The average molecular weight is 273 g/mol. The lowest BCUT2D eigenvalue weighted by Gasteiger charge is -2.13. The third-order valence-corrected chi connectivity index (χ3v) is 3.69. The Balaban J connectivity index is 1.57. The number of ether oxygens (including phenoxy) is 1. The van der Waals surface area contributed by atoms with Crippen LogP contribution < -0.4 is 0 Å². The van der Waals surface area contributed by atoms with Crippen LogP contribution in [0, 0.1) is 0 Å². The van der Waals surface area contributed by atoms with Crippen molar-refractivity contribution < 1.29 is 9.26 Å². The molecule has 0 saturated carbocycles. The van der Waals surface area contributed by atoms with Crippen LogP contribution in [0.2, 0.25) is 0 Å². The fraction of sp³-hybridized carbons (Fsp3) is 0.467. The molecule has 0 N–H and O–H groups in total. The molecule has 20 heavy (non-hydrogen) atoms. The lowest BCUT2D eigenvalue weighted by molar-refractivity contribution is 0.174. The first kappa shape index (κ1) is 13.3. The Kier molecular flexibility index (Phi) is 4.08. The van der Waals surface area contributed by atoms with Gasteiger partial charge in [-0.05, 0) is 24.4 Å². The van der Waals surface area contributed by atoms with Crippen LogP contribution in [0.15, 0.2) is 34.9 Å². The van der Waals surface area contributed by atoms with Crippen molar-refractivity contribution in [2.45, 2.75) is 25.5 Å². The molecule has 1 aromatic heterocycles. The second-order valence-electron chi connectivity index (χ2n) is 5.17. The Bertz CT molecular complexity index is 541. The van der Waals surface area contributed by atoms with Crippen molar-refractivity contribution in [1.29, 1.82) is 0 Å². The maximum absolute atomic E-state index is 5.24. The van der Waals surface area contributed by atoms with Crippen LogP contribution in [0.25, 0.3) is 0 Å². The van der Waals surface area contributed by atoms with Gasteiger partial charge in [0, 0.05) is 13.7 Å². The van der Waals surface area contributed by atoms with E-state index in [0.717, 1.165) is 19.6 Å². The van der Waals surface area contributed by atoms with Crippen LogP contribution in [0.5, 0.6) is 0 Å². The molecule has 1 saturated heterocycles. The van der Waals surface area contributed by atoms with Crippen LogP contribution >= 0.6 is 0 Å². The highest BCUT2D eigenvalue weighted by Crippen LogP contribution is 2.27. The fourth-order valence-corrected chi connectivity index (χ4v) is 2.71. The summed E-state index contributed by atoms with van der Waals surface area (Å²) >= 11 is 0. The van der Waals surface area contributed by atoms with E-state index in [1.165, 1.54) is 12.0 Å². The molecule has 3 rings (SSSR count). The van der Waals surface area contributed by atoms with Crippen molar-refractivity contribution >= 4 is 0 Å². The summed E-state index contributed by atoms with van der Waals surface area (Å²) in [7, 11) is 1.63. The highest BCUT2D eigenvalue weighted by Gasteiger charge is 2.25. The molecule has 0 aliphatic carbocycles. The van der Waals surface area contributed by atoms with E-state index >= 15 is 0 Å². The molecular weight excluding hydrogens is 254 g/mol. The SMILES string of the molecule is COCc1noc(CN2CCC(c3ccccc3)C2)n1. The van der Waals surface area contributed by atoms with E-state index in [2.05, 4.69) is 45.4 Å². The summed E-state index contributed by atoms with van der Waals surface area (Å²) in [6.45, 7) is 3.24. The fourth-order valence-electron chi connectivity index (χ4n) is 2.71. The minimum atomic E-state index is 0.399. The van der Waals surface area contributed by atoms with Gasteiger partial charge in [0.15, 0.2) is 5.82 Å². The largest absolute Gasteiger partial charge is 0.377 e. The maximum Gasteiger partial charge on any atom is 0.240 e. The summed E-state index contributed by atoms with van der Waals surface area (Å²) in [4.78, 5) is 6.68. The highest BCUT2D eigenvalue weighted by molar-refractivity contribution is 5.21. The van der Waals surface area contributed by atoms with Crippen molar-refractivity contribution in [2.24, 2.45) is 0 Å². The normalized spacial score (nSPS) is 19.6. The predicted molar refractivity (Wildman–Crippen MR) is 74.1 cm³/mol. The predicted octanol–water partition coefficient (Wildman–Crippen LogP) is 2.21. The molecule has 0 amide bonds. The van der Waals surface area contributed by atoms with Gasteiger partial charge in [0.25, 0.3) is 0 Å². The molecule has 106 valence electrons. The van der Waals surface area contributed by atoms with Gasteiger partial charge in [-0.2, -0.15) is 4.98 Å². The molecule has 5 heteroatoms. The van der Waals surface area contributed by atoms with Crippen molar-refractivity contribution in [3.63, 3.8) is 0 Å². The van der Waals surface area contributed by atoms with Crippen LogP contribution in [-0.2, 0) is 17.9 Å². The van der Waals surface area contributed by atoms with Crippen molar-refractivity contribution in [3.05, 3.63) is 47.6 Å². The lowest BCUT2D eigenvalue weighted by atomic mass is 9.99. The van der Waals surface area contributed by atoms with Crippen LogP contribution in [0.3, 0.4) is 0 Å². The number of nitrogens with zero attached hydrogens (tertiary/aromatic N) is 3.